The Labute approximate surface area is 139 Å². The van der Waals surface area contributed by atoms with Crippen LogP contribution in [0.5, 0.6) is 5.75 Å². The van der Waals surface area contributed by atoms with E-state index in [9.17, 15) is 4.79 Å². The molecule has 1 aromatic rings. The Kier molecular flexibility index (Phi) is 7.69. The molecule has 1 atom stereocenters. The SMILES string of the molecule is COc1ccccc1CC(C)CC(=O)N1CCC(N)CC1.Cl. The third kappa shape index (κ3) is 5.18. The molecule has 1 aliphatic heterocycles. The lowest BCUT2D eigenvalue weighted by molar-refractivity contribution is -0.133. The number of carbonyl (C=O) groups is 1. The number of hydrogen-bond donors (Lipinski definition) is 1. The molecule has 0 aromatic heterocycles. The van der Waals surface area contributed by atoms with Crippen LogP contribution in [0.3, 0.4) is 0 Å². The van der Waals surface area contributed by atoms with Gasteiger partial charge < -0.3 is 15.4 Å². The number of nitrogens with zero attached hydrogens (tertiary/aromatic N) is 1. The third-order valence-corrected chi connectivity index (χ3v) is 4.18. The molecular formula is C17H27ClN2O2. The predicted molar refractivity (Wildman–Crippen MR) is 91.5 cm³/mol. The van der Waals surface area contributed by atoms with E-state index in [0.29, 0.717) is 12.3 Å². The molecule has 124 valence electrons. The van der Waals surface area contributed by atoms with Gasteiger partial charge in [0.25, 0.3) is 0 Å². The quantitative estimate of drug-likeness (QED) is 0.905. The molecule has 4 nitrogen and oxygen atoms in total. The van der Waals surface area contributed by atoms with Gasteiger partial charge in [0.1, 0.15) is 5.75 Å². The van der Waals surface area contributed by atoms with Crippen molar-refractivity contribution in [1.29, 1.82) is 0 Å². The average molecular weight is 327 g/mol. The van der Waals surface area contributed by atoms with E-state index in [0.717, 1.165) is 38.1 Å². The van der Waals surface area contributed by atoms with Crippen LogP contribution in [0.4, 0.5) is 0 Å². The van der Waals surface area contributed by atoms with Gasteiger partial charge in [-0.05, 0) is 36.8 Å². The zero-order chi connectivity index (χ0) is 15.2. The summed E-state index contributed by atoms with van der Waals surface area (Å²) in [6.07, 6.45) is 3.30. The Morgan fingerprint density at radius 3 is 2.64 bits per heavy atom. The molecule has 1 saturated heterocycles. The van der Waals surface area contributed by atoms with Gasteiger partial charge in [-0.1, -0.05) is 25.1 Å². The third-order valence-electron chi connectivity index (χ3n) is 4.18. The molecule has 2 N–H and O–H groups in total. The van der Waals surface area contributed by atoms with E-state index >= 15 is 0 Å². The second kappa shape index (κ2) is 9.01. The van der Waals surface area contributed by atoms with Crippen molar-refractivity contribution in [2.45, 2.75) is 38.6 Å². The molecule has 0 aliphatic carbocycles. The first-order valence-corrected chi connectivity index (χ1v) is 7.75. The van der Waals surface area contributed by atoms with E-state index < -0.39 is 0 Å². The summed E-state index contributed by atoms with van der Waals surface area (Å²) in [5.74, 6) is 1.47. The van der Waals surface area contributed by atoms with Crippen molar-refractivity contribution >= 4 is 18.3 Å². The molecule has 0 bridgehead atoms. The van der Waals surface area contributed by atoms with Crippen molar-refractivity contribution in [3.05, 3.63) is 29.8 Å². The number of ether oxygens (including phenoxy) is 1. The summed E-state index contributed by atoms with van der Waals surface area (Å²) in [6, 6.07) is 8.28. The first-order chi connectivity index (χ1) is 10.1. The molecule has 0 spiro atoms. The summed E-state index contributed by atoms with van der Waals surface area (Å²) >= 11 is 0. The zero-order valence-corrected chi connectivity index (χ0v) is 14.3. The largest absolute Gasteiger partial charge is 0.496 e. The molecule has 1 unspecified atom stereocenters. The number of benzene rings is 1. The van der Waals surface area contributed by atoms with Crippen molar-refractivity contribution in [3.8, 4) is 5.75 Å². The van der Waals surface area contributed by atoms with Gasteiger partial charge >= 0.3 is 0 Å². The van der Waals surface area contributed by atoms with E-state index in [-0.39, 0.29) is 24.4 Å². The number of nitrogens with two attached hydrogens (primary N) is 1. The van der Waals surface area contributed by atoms with Crippen LogP contribution in [-0.2, 0) is 11.2 Å². The van der Waals surface area contributed by atoms with Crippen molar-refractivity contribution < 1.29 is 9.53 Å². The summed E-state index contributed by atoms with van der Waals surface area (Å²) in [4.78, 5) is 14.3. The van der Waals surface area contributed by atoms with E-state index in [4.69, 9.17) is 10.5 Å². The highest BCUT2D eigenvalue weighted by Crippen LogP contribution is 2.23. The highest BCUT2D eigenvalue weighted by molar-refractivity contribution is 5.85. The fourth-order valence-corrected chi connectivity index (χ4v) is 2.90. The second-order valence-corrected chi connectivity index (χ2v) is 6.04. The molecule has 0 radical (unpaired) electrons. The van der Waals surface area contributed by atoms with Crippen LogP contribution in [-0.4, -0.2) is 37.0 Å². The van der Waals surface area contributed by atoms with Gasteiger partial charge in [0, 0.05) is 25.6 Å². The van der Waals surface area contributed by atoms with Crippen LogP contribution < -0.4 is 10.5 Å². The molecule has 2 rings (SSSR count). The Hall–Kier alpha value is -1.26. The van der Waals surface area contributed by atoms with Crippen molar-refractivity contribution in [3.63, 3.8) is 0 Å². The Morgan fingerprint density at radius 2 is 2.00 bits per heavy atom. The topological polar surface area (TPSA) is 55.6 Å². The van der Waals surface area contributed by atoms with Crippen molar-refractivity contribution in [2.24, 2.45) is 11.7 Å². The number of hydrogen-bond acceptors (Lipinski definition) is 3. The molecule has 22 heavy (non-hydrogen) atoms. The van der Waals surface area contributed by atoms with Crippen LogP contribution in [0.25, 0.3) is 0 Å². The molecule has 1 fully saturated rings. The van der Waals surface area contributed by atoms with E-state index in [1.807, 2.05) is 23.1 Å². The maximum atomic E-state index is 12.3. The number of amides is 1. The number of methoxy groups -OCH3 is 1. The van der Waals surface area contributed by atoms with Gasteiger partial charge in [-0.3, -0.25) is 4.79 Å². The number of piperidine rings is 1. The van der Waals surface area contributed by atoms with E-state index in [1.165, 1.54) is 5.56 Å². The number of likely N-dealkylation sites (tertiary alicyclic amines) is 1. The maximum Gasteiger partial charge on any atom is 0.222 e. The Bertz CT molecular complexity index is 473. The van der Waals surface area contributed by atoms with E-state index in [1.54, 1.807) is 7.11 Å². The van der Waals surface area contributed by atoms with Gasteiger partial charge in [-0.2, -0.15) is 0 Å². The van der Waals surface area contributed by atoms with Gasteiger partial charge in [0.05, 0.1) is 7.11 Å². The normalized spacial score (nSPS) is 16.8. The van der Waals surface area contributed by atoms with Crippen LogP contribution in [0, 0.1) is 5.92 Å². The summed E-state index contributed by atoms with van der Waals surface area (Å²) in [7, 11) is 1.69. The fraction of sp³-hybridized carbons (Fsp3) is 0.588. The van der Waals surface area contributed by atoms with Crippen molar-refractivity contribution in [1.82, 2.24) is 4.90 Å². The standard InChI is InChI=1S/C17H26N2O2.ClH/c1-13(11-14-5-3-4-6-16(14)21-2)12-17(20)19-9-7-15(18)8-10-19;/h3-6,13,15H,7-12,18H2,1-2H3;1H. The molecular weight excluding hydrogens is 300 g/mol. The Morgan fingerprint density at radius 1 is 1.36 bits per heavy atom. The van der Waals surface area contributed by atoms with Crippen LogP contribution in [0.1, 0.15) is 31.7 Å². The van der Waals surface area contributed by atoms with Crippen LogP contribution >= 0.6 is 12.4 Å². The minimum absolute atomic E-state index is 0. The lowest BCUT2D eigenvalue weighted by atomic mass is 9.96. The maximum absolute atomic E-state index is 12.3. The molecule has 0 saturated carbocycles. The number of para-hydroxylation sites is 1. The van der Waals surface area contributed by atoms with Crippen LogP contribution in [0.2, 0.25) is 0 Å². The van der Waals surface area contributed by atoms with Gasteiger partial charge in [-0.15, -0.1) is 12.4 Å². The summed E-state index contributed by atoms with van der Waals surface area (Å²) in [5, 5.41) is 0. The summed E-state index contributed by atoms with van der Waals surface area (Å²) < 4.78 is 5.37. The summed E-state index contributed by atoms with van der Waals surface area (Å²) in [6.45, 7) is 3.74. The second-order valence-electron chi connectivity index (χ2n) is 6.04. The highest BCUT2D eigenvalue weighted by atomic mass is 35.5. The summed E-state index contributed by atoms with van der Waals surface area (Å²) in [5.41, 5.74) is 7.05. The van der Waals surface area contributed by atoms with Gasteiger partial charge in [0.2, 0.25) is 5.91 Å². The number of halogens is 1. The number of carbonyl (C=O) groups excluding carboxylic acids is 1. The Balaban J connectivity index is 0.00000242. The van der Waals surface area contributed by atoms with Gasteiger partial charge in [-0.25, -0.2) is 0 Å². The molecule has 1 heterocycles. The highest BCUT2D eigenvalue weighted by Gasteiger charge is 2.22. The van der Waals surface area contributed by atoms with Crippen molar-refractivity contribution in [2.75, 3.05) is 20.2 Å². The molecule has 1 aliphatic rings. The first-order valence-electron chi connectivity index (χ1n) is 7.75. The first kappa shape index (κ1) is 18.8. The van der Waals surface area contributed by atoms with E-state index in [2.05, 4.69) is 13.0 Å². The predicted octanol–water partition coefficient (Wildman–Crippen LogP) is 2.64. The monoisotopic (exact) mass is 326 g/mol. The molecule has 1 amide bonds. The number of rotatable bonds is 5. The lowest BCUT2D eigenvalue weighted by Crippen LogP contribution is -2.43. The molecule has 5 heteroatoms. The average Bonchev–Trinajstić information content (AvgIpc) is 2.48. The minimum Gasteiger partial charge on any atom is -0.496 e. The smallest absolute Gasteiger partial charge is 0.222 e. The zero-order valence-electron chi connectivity index (χ0n) is 13.5. The fourth-order valence-electron chi connectivity index (χ4n) is 2.90. The van der Waals surface area contributed by atoms with Crippen LogP contribution in [0.15, 0.2) is 24.3 Å². The lowest BCUT2D eigenvalue weighted by Gasteiger charge is -2.31. The molecule has 1 aromatic carbocycles. The minimum atomic E-state index is 0. The van der Waals surface area contributed by atoms with Gasteiger partial charge in [0.15, 0.2) is 0 Å².